The highest BCUT2D eigenvalue weighted by atomic mass is 127. The Balaban J connectivity index is 0.00000208. The summed E-state index contributed by atoms with van der Waals surface area (Å²) in [5.74, 6) is 1.93. The Morgan fingerprint density at radius 2 is 1.88 bits per heavy atom. The van der Waals surface area contributed by atoms with E-state index < -0.39 is 0 Å². The molecule has 24 heavy (non-hydrogen) atoms. The van der Waals surface area contributed by atoms with Gasteiger partial charge in [0.15, 0.2) is 5.96 Å². The molecule has 0 amide bonds. The van der Waals surface area contributed by atoms with Gasteiger partial charge >= 0.3 is 0 Å². The maximum atomic E-state index is 6.10. The van der Waals surface area contributed by atoms with Crippen molar-refractivity contribution >= 4 is 29.9 Å². The second-order valence-electron chi connectivity index (χ2n) is 6.60. The Morgan fingerprint density at radius 3 is 2.54 bits per heavy atom. The lowest BCUT2D eigenvalue weighted by Crippen LogP contribution is -2.42. The largest absolute Gasteiger partial charge is 0.490 e. The van der Waals surface area contributed by atoms with E-state index in [2.05, 4.69) is 35.8 Å². The third-order valence-electron chi connectivity index (χ3n) is 4.77. The molecule has 1 aromatic rings. The van der Waals surface area contributed by atoms with Crippen molar-refractivity contribution in [1.29, 1.82) is 0 Å². The number of guanidine groups is 1. The number of halogens is 1. The summed E-state index contributed by atoms with van der Waals surface area (Å²) in [7, 11) is 0. The quantitative estimate of drug-likeness (QED) is 0.393. The van der Waals surface area contributed by atoms with Gasteiger partial charge in [-0.1, -0.05) is 31.0 Å². The van der Waals surface area contributed by atoms with Gasteiger partial charge in [-0.05, 0) is 45.1 Å². The monoisotopic (exact) mass is 443 g/mol. The van der Waals surface area contributed by atoms with Crippen LogP contribution in [0.4, 0.5) is 0 Å². The van der Waals surface area contributed by atoms with Crippen LogP contribution in [0.3, 0.4) is 0 Å². The van der Waals surface area contributed by atoms with Crippen molar-refractivity contribution < 1.29 is 4.74 Å². The summed E-state index contributed by atoms with van der Waals surface area (Å²) in [6, 6.07) is 8.88. The van der Waals surface area contributed by atoms with Gasteiger partial charge in [-0.15, -0.1) is 24.0 Å². The molecule has 0 bridgehead atoms. The number of hydrogen-bond acceptors (Lipinski definition) is 2. The minimum Gasteiger partial charge on any atom is -0.490 e. The molecule has 0 spiro atoms. The zero-order valence-corrected chi connectivity index (χ0v) is 16.9. The molecule has 1 aromatic carbocycles. The van der Waals surface area contributed by atoms with Crippen LogP contribution in [0.15, 0.2) is 29.3 Å². The second kappa shape index (κ2) is 10.1. The summed E-state index contributed by atoms with van der Waals surface area (Å²) >= 11 is 0. The van der Waals surface area contributed by atoms with Crippen LogP contribution < -0.4 is 15.4 Å². The Morgan fingerprint density at radius 1 is 1.12 bits per heavy atom. The predicted octanol–water partition coefficient (Wildman–Crippen LogP) is 4.23. The van der Waals surface area contributed by atoms with E-state index >= 15 is 0 Å². The van der Waals surface area contributed by atoms with Crippen molar-refractivity contribution in [2.75, 3.05) is 6.54 Å². The van der Waals surface area contributed by atoms with E-state index in [0.29, 0.717) is 18.7 Å². The van der Waals surface area contributed by atoms with Crippen LogP contribution in [0.1, 0.15) is 57.4 Å². The molecule has 0 atom stereocenters. The van der Waals surface area contributed by atoms with Crippen molar-refractivity contribution in [2.45, 2.75) is 70.6 Å². The van der Waals surface area contributed by atoms with Gasteiger partial charge in [0, 0.05) is 18.2 Å². The lowest BCUT2D eigenvalue weighted by Gasteiger charge is -2.27. The summed E-state index contributed by atoms with van der Waals surface area (Å²) in [6.07, 6.45) is 9.24. The molecule has 0 aliphatic heterocycles. The first-order chi connectivity index (χ1) is 11.3. The molecule has 2 saturated carbocycles. The van der Waals surface area contributed by atoms with Gasteiger partial charge in [0.05, 0.1) is 12.6 Å². The number of para-hydroxylation sites is 1. The van der Waals surface area contributed by atoms with Crippen LogP contribution >= 0.6 is 24.0 Å². The van der Waals surface area contributed by atoms with Crippen LogP contribution in [0.5, 0.6) is 5.75 Å². The Bertz CT molecular complexity index is 525. The molecule has 0 saturated heterocycles. The molecule has 2 N–H and O–H groups in total. The summed E-state index contributed by atoms with van der Waals surface area (Å²) in [5.41, 5.74) is 1.17. The van der Waals surface area contributed by atoms with E-state index in [0.717, 1.165) is 18.3 Å². The minimum atomic E-state index is 0. The van der Waals surface area contributed by atoms with E-state index in [1.54, 1.807) is 0 Å². The molecule has 134 valence electrons. The Kier molecular flexibility index (Phi) is 8.15. The van der Waals surface area contributed by atoms with Gasteiger partial charge in [-0.25, -0.2) is 4.99 Å². The molecule has 0 heterocycles. The molecule has 2 aliphatic carbocycles. The van der Waals surface area contributed by atoms with Gasteiger partial charge in [-0.2, -0.15) is 0 Å². The minimum absolute atomic E-state index is 0. The number of nitrogens with zero attached hydrogens (tertiary/aromatic N) is 1. The number of rotatable bonds is 6. The number of benzene rings is 1. The van der Waals surface area contributed by atoms with Crippen molar-refractivity contribution in [3.05, 3.63) is 29.8 Å². The molecule has 2 fully saturated rings. The van der Waals surface area contributed by atoms with E-state index in [1.165, 1.54) is 50.5 Å². The molecular weight excluding hydrogens is 413 g/mol. The maximum absolute atomic E-state index is 6.10. The lowest BCUT2D eigenvalue weighted by atomic mass is 9.96. The molecule has 5 heteroatoms. The molecular formula is C19H30IN3O. The third-order valence-corrected chi connectivity index (χ3v) is 4.77. The third kappa shape index (κ3) is 5.53. The highest BCUT2D eigenvalue weighted by molar-refractivity contribution is 14.0. The topological polar surface area (TPSA) is 45.7 Å². The number of aliphatic imine (C=N–C) groups is 1. The first kappa shape index (κ1) is 19.3. The summed E-state index contributed by atoms with van der Waals surface area (Å²) in [6.45, 7) is 3.66. The molecule has 2 aliphatic rings. The van der Waals surface area contributed by atoms with Crippen LogP contribution in [0, 0.1) is 0 Å². The van der Waals surface area contributed by atoms with Gasteiger partial charge in [0.1, 0.15) is 5.75 Å². The fourth-order valence-corrected chi connectivity index (χ4v) is 3.17. The van der Waals surface area contributed by atoms with Crippen LogP contribution in [0.25, 0.3) is 0 Å². The number of hydrogen-bond donors (Lipinski definition) is 2. The fourth-order valence-electron chi connectivity index (χ4n) is 3.17. The molecule has 0 radical (unpaired) electrons. The maximum Gasteiger partial charge on any atom is 0.191 e. The average molecular weight is 443 g/mol. The standard InChI is InChI=1S/C19H29N3O.HI/c1-2-20-19(22-16-9-4-5-10-16)21-14-15-8-3-6-13-18(15)23-17-11-7-12-17;/h3,6,8,13,16-17H,2,4-5,7,9-12,14H2,1H3,(H2,20,21,22);1H. The number of nitrogens with one attached hydrogen (secondary N) is 2. The van der Waals surface area contributed by atoms with E-state index in [1.807, 2.05) is 6.07 Å². The molecule has 0 unspecified atom stereocenters. The van der Waals surface area contributed by atoms with E-state index in [4.69, 9.17) is 9.73 Å². The smallest absolute Gasteiger partial charge is 0.191 e. The summed E-state index contributed by atoms with van der Waals surface area (Å²) in [4.78, 5) is 4.77. The zero-order valence-electron chi connectivity index (χ0n) is 14.6. The highest BCUT2D eigenvalue weighted by Crippen LogP contribution is 2.28. The first-order valence-corrected chi connectivity index (χ1v) is 9.14. The SMILES string of the molecule is CCNC(=NCc1ccccc1OC1CCC1)NC1CCCC1.I. The molecule has 0 aromatic heterocycles. The fraction of sp³-hybridized carbons (Fsp3) is 0.632. The van der Waals surface area contributed by atoms with Crippen molar-refractivity contribution in [1.82, 2.24) is 10.6 Å². The van der Waals surface area contributed by atoms with Crippen molar-refractivity contribution in [3.63, 3.8) is 0 Å². The van der Waals surface area contributed by atoms with Gasteiger partial charge < -0.3 is 15.4 Å². The Hall–Kier alpha value is -0.980. The van der Waals surface area contributed by atoms with Crippen molar-refractivity contribution in [3.8, 4) is 5.75 Å². The predicted molar refractivity (Wildman–Crippen MR) is 110 cm³/mol. The van der Waals surface area contributed by atoms with E-state index in [9.17, 15) is 0 Å². The summed E-state index contributed by atoms with van der Waals surface area (Å²) < 4.78 is 6.10. The Labute approximate surface area is 162 Å². The highest BCUT2D eigenvalue weighted by Gasteiger charge is 2.20. The lowest BCUT2D eigenvalue weighted by molar-refractivity contribution is 0.119. The first-order valence-electron chi connectivity index (χ1n) is 9.14. The van der Waals surface area contributed by atoms with Crippen LogP contribution in [-0.4, -0.2) is 24.7 Å². The zero-order chi connectivity index (χ0) is 15.9. The van der Waals surface area contributed by atoms with Gasteiger partial charge in [0.2, 0.25) is 0 Å². The van der Waals surface area contributed by atoms with Crippen LogP contribution in [0.2, 0.25) is 0 Å². The van der Waals surface area contributed by atoms with E-state index in [-0.39, 0.29) is 24.0 Å². The van der Waals surface area contributed by atoms with Gasteiger partial charge in [0.25, 0.3) is 0 Å². The second-order valence-corrected chi connectivity index (χ2v) is 6.60. The normalized spacial score (nSPS) is 18.6. The van der Waals surface area contributed by atoms with Gasteiger partial charge in [-0.3, -0.25) is 0 Å². The van der Waals surface area contributed by atoms with Crippen LogP contribution in [-0.2, 0) is 6.54 Å². The summed E-state index contributed by atoms with van der Waals surface area (Å²) in [5, 5.41) is 6.93. The molecule has 4 nitrogen and oxygen atoms in total. The van der Waals surface area contributed by atoms with Crippen molar-refractivity contribution in [2.24, 2.45) is 4.99 Å². The number of ether oxygens (including phenoxy) is 1. The molecule has 3 rings (SSSR count). The average Bonchev–Trinajstić information content (AvgIpc) is 3.03.